The van der Waals surface area contributed by atoms with E-state index in [9.17, 15) is 19.6 Å². The maximum atomic E-state index is 13.8. The van der Waals surface area contributed by atoms with Crippen molar-refractivity contribution in [2.45, 2.75) is 97.1 Å². The highest BCUT2D eigenvalue weighted by atomic mass is 16.5. The van der Waals surface area contributed by atoms with Crippen molar-refractivity contribution in [2.24, 2.45) is 11.8 Å². The number of carbonyl (C=O) groups is 3. The first-order chi connectivity index (χ1) is 18.9. The van der Waals surface area contributed by atoms with E-state index in [4.69, 9.17) is 0 Å². The zero-order valence-corrected chi connectivity index (χ0v) is 23.4. The second kappa shape index (κ2) is 16.0. The Bertz CT molecular complexity index is 1010. The van der Waals surface area contributed by atoms with E-state index < -0.39 is 11.9 Å². The summed E-state index contributed by atoms with van der Waals surface area (Å²) in [6.07, 6.45) is 12.5. The number of carbonyl (C=O) groups excluding carboxylic acids is 3. The number of hydroxylamine groups is 1. The second-order valence-electron chi connectivity index (χ2n) is 11.0. The summed E-state index contributed by atoms with van der Waals surface area (Å²) in [5.41, 5.74) is 2.77. The first kappa shape index (κ1) is 30.3. The van der Waals surface area contributed by atoms with Crippen molar-refractivity contribution in [3.05, 3.63) is 48.3 Å². The fraction of sp³-hybridized carbons (Fsp3) is 0.621. The molecule has 0 spiro atoms. The number of rotatable bonds is 14. The van der Waals surface area contributed by atoms with Crippen molar-refractivity contribution < 1.29 is 19.6 Å². The Balaban J connectivity index is 1.89. The van der Waals surface area contributed by atoms with Crippen LogP contribution in [0, 0.1) is 11.8 Å². The lowest BCUT2D eigenvalue weighted by Gasteiger charge is -2.40. The fourth-order valence-corrected chi connectivity index (χ4v) is 5.29. The Morgan fingerprint density at radius 2 is 1.82 bits per heavy atom. The predicted molar refractivity (Wildman–Crippen MR) is 147 cm³/mol. The van der Waals surface area contributed by atoms with Crippen LogP contribution in [0.25, 0.3) is 0 Å². The molecule has 10 heteroatoms. The third-order valence-corrected chi connectivity index (χ3v) is 7.49. The standard InChI is InChI=1S/C29H44N6O4/c1-23(2)16-17-27(36)35(26(29(38)31-39)15-9-14-24-10-5-3-6-11-24)34(20-18-25-12-7-4-8-13-25)28(37)22-33-21-19-30-32-33/h4,7-8,12-13,19,21,23-24,26,39H,3,5-6,9-11,14-18,20,22H2,1-2H3,(H,31,38)/t26-/m0/s1. The zero-order valence-electron chi connectivity index (χ0n) is 23.4. The monoisotopic (exact) mass is 540 g/mol. The van der Waals surface area contributed by atoms with Gasteiger partial charge in [-0.25, -0.2) is 20.2 Å². The molecule has 2 aromatic rings. The Morgan fingerprint density at radius 1 is 1.08 bits per heavy atom. The van der Waals surface area contributed by atoms with Crippen LogP contribution in [0.4, 0.5) is 0 Å². The lowest BCUT2D eigenvalue weighted by molar-refractivity contribution is -0.175. The fourth-order valence-electron chi connectivity index (χ4n) is 5.29. The van der Waals surface area contributed by atoms with E-state index >= 15 is 0 Å². The van der Waals surface area contributed by atoms with Crippen LogP contribution in [0.3, 0.4) is 0 Å². The van der Waals surface area contributed by atoms with E-state index in [-0.39, 0.29) is 37.2 Å². The van der Waals surface area contributed by atoms with Gasteiger partial charge in [-0.3, -0.25) is 19.6 Å². The zero-order chi connectivity index (χ0) is 28.0. The first-order valence-corrected chi connectivity index (χ1v) is 14.3. The van der Waals surface area contributed by atoms with Crippen LogP contribution < -0.4 is 5.48 Å². The van der Waals surface area contributed by atoms with E-state index in [0.29, 0.717) is 25.2 Å². The molecule has 1 aliphatic carbocycles. The number of nitrogens with one attached hydrogen (secondary N) is 1. The molecule has 1 aliphatic rings. The van der Waals surface area contributed by atoms with Crippen LogP contribution in [0.1, 0.15) is 83.6 Å². The molecular formula is C29H44N6O4. The third kappa shape index (κ3) is 9.76. The van der Waals surface area contributed by atoms with Gasteiger partial charge in [0, 0.05) is 19.2 Å². The molecule has 1 saturated carbocycles. The predicted octanol–water partition coefficient (Wildman–Crippen LogP) is 4.15. The minimum atomic E-state index is -1.01. The van der Waals surface area contributed by atoms with Gasteiger partial charge in [-0.15, -0.1) is 5.10 Å². The topological polar surface area (TPSA) is 121 Å². The summed E-state index contributed by atoms with van der Waals surface area (Å²) < 4.78 is 1.40. The molecule has 0 radical (unpaired) electrons. The van der Waals surface area contributed by atoms with Gasteiger partial charge >= 0.3 is 0 Å². The molecule has 2 N–H and O–H groups in total. The number of hydrazine groups is 1. The number of hydrogen-bond donors (Lipinski definition) is 2. The molecule has 39 heavy (non-hydrogen) atoms. The van der Waals surface area contributed by atoms with Gasteiger partial charge in [0.15, 0.2) is 0 Å². The lowest BCUT2D eigenvalue weighted by atomic mass is 9.85. The summed E-state index contributed by atoms with van der Waals surface area (Å²) in [5.74, 6) is -0.484. The number of aromatic nitrogens is 3. The molecule has 0 unspecified atom stereocenters. The maximum absolute atomic E-state index is 13.8. The molecular weight excluding hydrogens is 496 g/mol. The molecule has 1 aromatic heterocycles. The quantitative estimate of drug-likeness (QED) is 0.274. The van der Waals surface area contributed by atoms with E-state index in [0.717, 1.165) is 18.4 Å². The second-order valence-corrected chi connectivity index (χ2v) is 11.0. The Hall–Kier alpha value is -3.27. The summed E-state index contributed by atoms with van der Waals surface area (Å²) >= 11 is 0. The minimum Gasteiger partial charge on any atom is -0.289 e. The highest BCUT2D eigenvalue weighted by molar-refractivity contribution is 5.89. The normalized spacial score (nSPS) is 14.7. The van der Waals surface area contributed by atoms with Crippen molar-refractivity contribution in [2.75, 3.05) is 6.54 Å². The van der Waals surface area contributed by atoms with Gasteiger partial charge in [-0.1, -0.05) is 94.3 Å². The Morgan fingerprint density at radius 3 is 2.46 bits per heavy atom. The average Bonchev–Trinajstić information content (AvgIpc) is 3.46. The molecule has 1 heterocycles. The van der Waals surface area contributed by atoms with E-state index in [1.165, 1.54) is 53.0 Å². The van der Waals surface area contributed by atoms with Gasteiger partial charge in [0.25, 0.3) is 11.8 Å². The van der Waals surface area contributed by atoms with Gasteiger partial charge in [-0.2, -0.15) is 0 Å². The molecule has 3 amide bonds. The van der Waals surface area contributed by atoms with Crippen molar-refractivity contribution in [1.82, 2.24) is 30.5 Å². The molecule has 0 bridgehead atoms. The van der Waals surface area contributed by atoms with E-state index in [1.54, 1.807) is 11.7 Å². The summed E-state index contributed by atoms with van der Waals surface area (Å²) in [7, 11) is 0. The van der Waals surface area contributed by atoms with E-state index in [1.807, 2.05) is 44.2 Å². The van der Waals surface area contributed by atoms with Gasteiger partial charge in [-0.05, 0) is 36.7 Å². The average molecular weight is 541 g/mol. The smallest absolute Gasteiger partial charge is 0.268 e. The van der Waals surface area contributed by atoms with Crippen molar-refractivity contribution in [3.63, 3.8) is 0 Å². The molecule has 10 nitrogen and oxygen atoms in total. The summed E-state index contributed by atoms with van der Waals surface area (Å²) in [5, 5.41) is 20.1. The van der Waals surface area contributed by atoms with Gasteiger partial charge in [0.05, 0.1) is 6.20 Å². The highest BCUT2D eigenvalue weighted by Crippen LogP contribution is 2.29. The molecule has 0 saturated heterocycles. The number of nitrogens with zero attached hydrogens (tertiary/aromatic N) is 5. The van der Waals surface area contributed by atoms with Crippen LogP contribution >= 0.6 is 0 Å². The summed E-state index contributed by atoms with van der Waals surface area (Å²) in [6, 6.07) is 8.70. The molecule has 1 fully saturated rings. The van der Waals surface area contributed by atoms with Gasteiger partial charge in [0.1, 0.15) is 12.6 Å². The summed E-state index contributed by atoms with van der Waals surface area (Å²) in [6.45, 7) is 4.13. The maximum Gasteiger partial charge on any atom is 0.268 e. The first-order valence-electron chi connectivity index (χ1n) is 14.3. The molecule has 214 valence electrons. The number of benzene rings is 1. The van der Waals surface area contributed by atoms with Crippen LogP contribution in [0.5, 0.6) is 0 Å². The molecule has 3 rings (SSSR count). The Kier molecular flexibility index (Phi) is 12.4. The number of amides is 3. The number of hydrogen-bond acceptors (Lipinski definition) is 6. The molecule has 0 aliphatic heterocycles. The molecule has 1 aromatic carbocycles. The largest absolute Gasteiger partial charge is 0.289 e. The SMILES string of the molecule is CC(C)CCC(=O)N([C@@H](CCCC1CCCCC1)C(=O)NO)N(CCc1ccccc1)C(=O)Cn1ccnn1. The van der Waals surface area contributed by atoms with Gasteiger partial charge < -0.3 is 0 Å². The van der Waals surface area contributed by atoms with Crippen LogP contribution in [0.15, 0.2) is 42.7 Å². The van der Waals surface area contributed by atoms with E-state index in [2.05, 4.69) is 10.3 Å². The van der Waals surface area contributed by atoms with Crippen molar-refractivity contribution >= 4 is 17.7 Å². The van der Waals surface area contributed by atoms with Crippen LogP contribution in [-0.4, -0.2) is 60.5 Å². The minimum absolute atomic E-state index is 0.127. The lowest BCUT2D eigenvalue weighted by Crippen LogP contribution is -2.60. The summed E-state index contributed by atoms with van der Waals surface area (Å²) in [4.78, 5) is 40.5. The third-order valence-electron chi connectivity index (χ3n) is 7.49. The highest BCUT2D eigenvalue weighted by Gasteiger charge is 2.36. The van der Waals surface area contributed by atoms with Crippen LogP contribution in [-0.2, 0) is 27.3 Å². The Labute approximate surface area is 231 Å². The van der Waals surface area contributed by atoms with Gasteiger partial charge in [0.2, 0.25) is 5.91 Å². The van der Waals surface area contributed by atoms with Crippen LogP contribution in [0.2, 0.25) is 0 Å². The molecule has 1 atom stereocenters. The van der Waals surface area contributed by atoms with Crippen molar-refractivity contribution in [3.8, 4) is 0 Å². The van der Waals surface area contributed by atoms with Crippen molar-refractivity contribution in [1.29, 1.82) is 0 Å².